The summed E-state index contributed by atoms with van der Waals surface area (Å²) in [6, 6.07) is 11.3. The number of benzene rings is 2. The number of carbonyl (C=O) groups is 1. The molecule has 5 nitrogen and oxygen atoms in total. The van der Waals surface area contributed by atoms with Gasteiger partial charge in [0.05, 0.1) is 16.1 Å². The molecule has 1 aliphatic carbocycles. The molecule has 1 aliphatic rings. The van der Waals surface area contributed by atoms with E-state index in [-0.39, 0.29) is 10.6 Å². The third-order valence-corrected chi connectivity index (χ3v) is 7.18. The quantitative estimate of drug-likeness (QED) is 0.665. The number of halogens is 3. The molecule has 0 radical (unpaired) electrons. The predicted molar refractivity (Wildman–Crippen MR) is 112 cm³/mol. The summed E-state index contributed by atoms with van der Waals surface area (Å²) >= 11 is 0. The molecule has 0 aromatic heterocycles. The van der Waals surface area contributed by atoms with Crippen LogP contribution in [0.5, 0.6) is 0 Å². The molecule has 1 saturated carbocycles. The third-order valence-electron chi connectivity index (χ3n) is 5.39. The molecule has 2 aromatic carbocycles. The molecule has 1 amide bonds. The standard InChI is InChI=1S/C22H25F3N2O3S/c23-22(24,25)18-10-7-11-19(14-18)27(31(29,30)20-12-5-2-6-13-20)16-21(28)26-15-17-8-3-1-4-9-17/h2,5-7,10-14,17H,1,3-4,8-9,15-16H2,(H,26,28). The number of hydrogen-bond acceptors (Lipinski definition) is 3. The molecule has 0 heterocycles. The molecule has 2 aromatic rings. The summed E-state index contributed by atoms with van der Waals surface area (Å²) in [5, 5.41) is 2.75. The maximum absolute atomic E-state index is 13.2. The molecule has 0 aliphatic heterocycles. The highest BCUT2D eigenvalue weighted by Gasteiger charge is 2.33. The molecule has 9 heteroatoms. The highest BCUT2D eigenvalue weighted by molar-refractivity contribution is 7.92. The first-order chi connectivity index (χ1) is 14.7. The Bertz CT molecular complexity index is 989. The van der Waals surface area contributed by atoms with Gasteiger partial charge in [0.2, 0.25) is 5.91 Å². The van der Waals surface area contributed by atoms with Crippen molar-refractivity contribution in [1.82, 2.24) is 5.32 Å². The van der Waals surface area contributed by atoms with Gasteiger partial charge in [0.15, 0.2) is 0 Å². The molecule has 0 bridgehead atoms. The van der Waals surface area contributed by atoms with Crippen LogP contribution < -0.4 is 9.62 Å². The van der Waals surface area contributed by atoms with Crippen molar-refractivity contribution in [1.29, 1.82) is 0 Å². The van der Waals surface area contributed by atoms with Crippen molar-refractivity contribution in [3.8, 4) is 0 Å². The number of nitrogens with zero attached hydrogens (tertiary/aromatic N) is 1. The van der Waals surface area contributed by atoms with Crippen molar-refractivity contribution < 1.29 is 26.4 Å². The van der Waals surface area contributed by atoms with E-state index < -0.39 is 34.2 Å². The van der Waals surface area contributed by atoms with E-state index in [2.05, 4.69) is 5.32 Å². The van der Waals surface area contributed by atoms with Crippen molar-refractivity contribution in [3.63, 3.8) is 0 Å². The minimum Gasteiger partial charge on any atom is -0.354 e. The fraction of sp³-hybridized carbons (Fsp3) is 0.409. The molecule has 0 unspecified atom stereocenters. The first-order valence-corrected chi connectivity index (χ1v) is 11.6. The zero-order valence-electron chi connectivity index (χ0n) is 16.9. The number of rotatable bonds is 7. The van der Waals surface area contributed by atoms with Crippen LogP contribution >= 0.6 is 0 Å². The van der Waals surface area contributed by atoms with Crippen LogP contribution in [0, 0.1) is 5.92 Å². The molecule has 0 atom stereocenters. The first-order valence-electron chi connectivity index (χ1n) is 10.2. The minimum absolute atomic E-state index is 0.104. The Kier molecular flexibility index (Phi) is 7.25. The Morgan fingerprint density at radius 1 is 1.00 bits per heavy atom. The molecule has 3 rings (SSSR count). The number of alkyl halides is 3. The summed E-state index contributed by atoms with van der Waals surface area (Å²) in [6.45, 7) is -0.175. The van der Waals surface area contributed by atoms with Crippen molar-refractivity contribution >= 4 is 21.6 Å². The average Bonchev–Trinajstić information content (AvgIpc) is 2.77. The van der Waals surface area contributed by atoms with Crippen LogP contribution in [0.15, 0.2) is 59.5 Å². The van der Waals surface area contributed by atoms with Gasteiger partial charge in [-0.15, -0.1) is 0 Å². The number of sulfonamides is 1. The Morgan fingerprint density at radius 3 is 2.32 bits per heavy atom. The fourth-order valence-corrected chi connectivity index (χ4v) is 5.14. The van der Waals surface area contributed by atoms with Crippen LogP contribution in [0.1, 0.15) is 37.7 Å². The van der Waals surface area contributed by atoms with Gasteiger partial charge in [-0.25, -0.2) is 8.42 Å². The fourth-order valence-electron chi connectivity index (χ4n) is 3.71. The Balaban J connectivity index is 1.87. The van der Waals surface area contributed by atoms with E-state index in [1.807, 2.05) is 0 Å². The number of carbonyl (C=O) groups excluding carboxylic acids is 1. The van der Waals surface area contributed by atoms with E-state index in [1.54, 1.807) is 6.07 Å². The van der Waals surface area contributed by atoms with Crippen molar-refractivity contribution in [2.45, 2.75) is 43.2 Å². The number of amides is 1. The summed E-state index contributed by atoms with van der Waals surface area (Å²) in [7, 11) is -4.25. The van der Waals surface area contributed by atoms with Crippen molar-refractivity contribution in [2.75, 3.05) is 17.4 Å². The monoisotopic (exact) mass is 454 g/mol. The van der Waals surface area contributed by atoms with E-state index in [0.29, 0.717) is 12.5 Å². The van der Waals surface area contributed by atoms with Crippen LogP contribution in [0.3, 0.4) is 0 Å². The molecule has 1 N–H and O–H groups in total. The average molecular weight is 455 g/mol. The van der Waals surface area contributed by atoms with E-state index >= 15 is 0 Å². The van der Waals surface area contributed by atoms with E-state index in [0.717, 1.165) is 48.2 Å². The zero-order chi connectivity index (χ0) is 22.5. The summed E-state index contributed by atoms with van der Waals surface area (Å²) < 4.78 is 66.7. The molecular weight excluding hydrogens is 429 g/mol. The first kappa shape index (κ1) is 23.1. The van der Waals surface area contributed by atoms with E-state index in [4.69, 9.17) is 0 Å². The van der Waals surface area contributed by atoms with Crippen molar-refractivity contribution in [2.24, 2.45) is 5.92 Å². The Morgan fingerprint density at radius 2 is 1.68 bits per heavy atom. The lowest BCUT2D eigenvalue weighted by Gasteiger charge is -2.26. The Hall–Kier alpha value is -2.55. The Labute approximate surface area is 180 Å². The van der Waals surface area contributed by atoms with Crippen LogP contribution in [0.2, 0.25) is 0 Å². The van der Waals surface area contributed by atoms with Gasteiger partial charge in [-0.2, -0.15) is 13.2 Å². The summed E-state index contributed by atoms with van der Waals surface area (Å²) in [5.41, 5.74) is -1.20. The summed E-state index contributed by atoms with van der Waals surface area (Å²) in [5.74, 6) is -0.215. The van der Waals surface area contributed by atoms with Crippen LogP contribution in [-0.4, -0.2) is 27.4 Å². The normalized spacial score (nSPS) is 15.5. The van der Waals surface area contributed by atoms with Gasteiger partial charge in [-0.3, -0.25) is 9.10 Å². The van der Waals surface area contributed by atoms with Gasteiger partial charge in [-0.1, -0.05) is 43.5 Å². The topological polar surface area (TPSA) is 66.5 Å². The predicted octanol–water partition coefficient (Wildman–Crippen LogP) is 4.60. The second kappa shape index (κ2) is 9.72. The second-order valence-corrected chi connectivity index (χ2v) is 9.54. The van der Waals surface area contributed by atoms with Gasteiger partial charge in [-0.05, 0) is 49.1 Å². The number of hydrogen-bond donors (Lipinski definition) is 1. The SMILES string of the molecule is O=C(CN(c1cccc(C(F)(F)F)c1)S(=O)(=O)c1ccccc1)NCC1CCCCC1. The number of nitrogens with one attached hydrogen (secondary N) is 1. The minimum atomic E-state index is -4.64. The molecular formula is C22H25F3N2O3S. The highest BCUT2D eigenvalue weighted by atomic mass is 32.2. The van der Waals surface area contributed by atoms with Gasteiger partial charge >= 0.3 is 6.18 Å². The molecule has 0 saturated heterocycles. The van der Waals surface area contributed by atoms with E-state index in [9.17, 15) is 26.4 Å². The van der Waals surface area contributed by atoms with Crippen LogP contribution in [-0.2, 0) is 21.0 Å². The van der Waals surface area contributed by atoms with Crippen LogP contribution in [0.4, 0.5) is 18.9 Å². The lowest BCUT2D eigenvalue weighted by Crippen LogP contribution is -2.42. The van der Waals surface area contributed by atoms with E-state index in [1.165, 1.54) is 36.8 Å². The molecule has 31 heavy (non-hydrogen) atoms. The maximum Gasteiger partial charge on any atom is 0.416 e. The second-order valence-electron chi connectivity index (χ2n) is 7.68. The largest absolute Gasteiger partial charge is 0.416 e. The summed E-state index contributed by atoms with van der Waals surface area (Å²) in [4.78, 5) is 12.5. The van der Waals surface area contributed by atoms with Crippen LogP contribution in [0.25, 0.3) is 0 Å². The maximum atomic E-state index is 13.2. The lowest BCUT2D eigenvalue weighted by atomic mass is 9.89. The molecule has 168 valence electrons. The molecule has 0 spiro atoms. The third kappa shape index (κ3) is 6.00. The van der Waals surface area contributed by atoms with Gasteiger partial charge in [0, 0.05) is 6.54 Å². The summed E-state index contributed by atoms with van der Waals surface area (Å²) in [6.07, 6.45) is 0.725. The lowest BCUT2D eigenvalue weighted by molar-refractivity contribution is -0.137. The van der Waals surface area contributed by atoms with Gasteiger partial charge in [0.1, 0.15) is 6.54 Å². The highest BCUT2D eigenvalue weighted by Crippen LogP contribution is 2.33. The van der Waals surface area contributed by atoms with Crippen molar-refractivity contribution in [3.05, 3.63) is 60.2 Å². The smallest absolute Gasteiger partial charge is 0.354 e. The zero-order valence-corrected chi connectivity index (χ0v) is 17.8. The van der Waals surface area contributed by atoms with Gasteiger partial charge in [0.25, 0.3) is 10.0 Å². The number of anilines is 1. The van der Waals surface area contributed by atoms with Gasteiger partial charge < -0.3 is 5.32 Å². The molecule has 1 fully saturated rings.